The number of benzene rings is 1. The predicted octanol–water partition coefficient (Wildman–Crippen LogP) is 1.34. The highest BCUT2D eigenvalue weighted by Gasteiger charge is 2.19. The van der Waals surface area contributed by atoms with Crippen molar-refractivity contribution < 1.29 is 9.32 Å². The van der Waals surface area contributed by atoms with Gasteiger partial charge in [0.05, 0.1) is 6.07 Å². The van der Waals surface area contributed by atoms with E-state index in [9.17, 15) is 4.79 Å². The first-order chi connectivity index (χ1) is 9.70. The maximum absolute atomic E-state index is 12.0. The van der Waals surface area contributed by atoms with Crippen molar-refractivity contribution in [3.05, 3.63) is 47.6 Å². The smallest absolute Gasteiger partial charge is 0.241 e. The molecule has 1 unspecified atom stereocenters. The van der Waals surface area contributed by atoms with Crippen LogP contribution in [0.3, 0.4) is 0 Å². The van der Waals surface area contributed by atoms with E-state index in [-0.39, 0.29) is 5.91 Å². The molecule has 0 saturated carbocycles. The number of carbonyl (C=O) groups excluding carboxylic acids is 1. The number of aromatic nitrogens is 2. The molecule has 0 bridgehead atoms. The lowest BCUT2D eigenvalue weighted by atomic mass is 10.00. The Morgan fingerprint density at radius 1 is 1.45 bits per heavy atom. The number of hydrogen-bond donors (Lipinski definition) is 1. The Hall–Kier alpha value is -2.68. The van der Waals surface area contributed by atoms with Crippen LogP contribution in [0, 0.1) is 18.3 Å². The lowest BCUT2D eigenvalue weighted by Gasteiger charge is -2.09. The van der Waals surface area contributed by atoms with Crippen molar-refractivity contribution in [2.24, 2.45) is 0 Å². The Bertz CT molecular complexity index is 616. The third-order valence-corrected chi connectivity index (χ3v) is 2.74. The molecule has 1 heterocycles. The van der Waals surface area contributed by atoms with Crippen molar-refractivity contribution in [2.45, 2.75) is 19.3 Å². The van der Waals surface area contributed by atoms with Crippen LogP contribution in [0.1, 0.15) is 23.2 Å². The van der Waals surface area contributed by atoms with E-state index in [0.717, 1.165) is 0 Å². The first-order valence-corrected chi connectivity index (χ1v) is 6.22. The van der Waals surface area contributed by atoms with E-state index in [4.69, 9.17) is 9.78 Å². The maximum atomic E-state index is 12.0. The molecule has 6 nitrogen and oxygen atoms in total. The van der Waals surface area contributed by atoms with E-state index in [0.29, 0.717) is 30.2 Å². The molecule has 2 aromatic rings. The normalized spacial score (nSPS) is 11.6. The summed E-state index contributed by atoms with van der Waals surface area (Å²) < 4.78 is 4.83. The minimum Gasteiger partial charge on any atom is -0.354 e. The molecule has 0 radical (unpaired) electrons. The zero-order chi connectivity index (χ0) is 14.4. The Morgan fingerprint density at radius 3 is 2.80 bits per heavy atom. The highest BCUT2D eigenvalue weighted by Crippen LogP contribution is 2.14. The second-order valence-electron chi connectivity index (χ2n) is 4.24. The third kappa shape index (κ3) is 3.42. The summed E-state index contributed by atoms with van der Waals surface area (Å²) in [5.74, 6) is -0.0938. The molecule has 2 rings (SSSR count). The van der Waals surface area contributed by atoms with Crippen LogP contribution >= 0.6 is 0 Å². The molecular weight excluding hydrogens is 256 g/mol. The van der Waals surface area contributed by atoms with E-state index >= 15 is 0 Å². The number of hydrogen-bond acceptors (Lipinski definition) is 5. The molecule has 0 saturated heterocycles. The van der Waals surface area contributed by atoms with Crippen LogP contribution in [0.15, 0.2) is 34.9 Å². The van der Waals surface area contributed by atoms with Gasteiger partial charge in [-0.05, 0) is 5.56 Å². The van der Waals surface area contributed by atoms with E-state index in [2.05, 4.69) is 15.5 Å². The Morgan fingerprint density at radius 2 is 2.20 bits per heavy atom. The lowest BCUT2D eigenvalue weighted by molar-refractivity contribution is -0.121. The second-order valence-corrected chi connectivity index (χ2v) is 4.24. The Balaban J connectivity index is 1.89. The minimum absolute atomic E-state index is 0.320. The van der Waals surface area contributed by atoms with Gasteiger partial charge in [-0.2, -0.15) is 10.2 Å². The lowest BCUT2D eigenvalue weighted by Crippen LogP contribution is -2.30. The molecule has 0 aliphatic heterocycles. The number of nitriles is 1. The molecule has 1 amide bonds. The molecule has 0 aliphatic rings. The van der Waals surface area contributed by atoms with Crippen molar-refractivity contribution in [2.75, 3.05) is 6.54 Å². The molecule has 1 N–H and O–H groups in total. The van der Waals surface area contributed by atoms with Gasteiger partial charge in [0, 0.05) is 19.9 Å². The fourth-order valence-corrected chi connectivity index (χ4v) is 1.77. The summed E-state index contributed by atoms with van der Waals surface area (Å²) in [6, 6.07) is 11.0. The molecule has 102 valence electrons. The monoisotopic (exact) mass is 270 g/mol. The summed E-state index contributed by atoms with van der Waals surface area (Å²) in [4.78, 5) is 16.0. The molecule has 0 aliphatic carbocycles. The zero-order valence-electron chi connectivity index (χ0n) is 11.0. The topological polar surface area (TPSA) is 91.8 Å². The van der Waals surface area contributed by atoms with Crippen LogP contribution in [-0.2, 0) is 11.2 Å². The minimum atomic E-state index is -0.803. The van der Waals surface area contributed by atoms with Crippen molar-refractivity contribution in [1.29, 1.82) is 5.26 Å². The quantitative estimate of drug-likeness (QED) is 0.885. The van der Waals surface area contributed by atoms with Gasteiger partial charge in [-0.25, -0.2) is 0 Å². The van der Waals surface area contributed by atoms with Gasteiger partial charge in [-0.1, -0.05) is 35.5 Å². The van der Waals surface area contributed by atoms with Crippen LogP contribution in [0.5, 0.6) is 0 Å². The van der Waals surface area contributed by atoms with Gasteiger partial charge in [0.25, 0.3) is 0 Å². The van der Waals surface area contributed by atoms with Crippen molar-refractivity contribution in [3.8, 4) is 6.07 Å². The predicted molar refractivity (Wildman–Crippen MR) is 70.5 cm³/mol. The van der Waals surface area contributed by atoms with Crippen molar-refractivity contribution >= 4 is 5.91 Å². The SMILES string of the molecule is Cc1nc(CCNC(=O)C(C#N)c2ccccc2)no1. The average Bonchev–Trinajstić information content (AvgIpc) is 2.86. The second kappa shape index (κ2) is 6.48. The van der Waals surface area contributed by atoms with Crippen LogP contribution in [-0.4, -0.2) is 22.6 Å². The van der Waals surface area contributed by atoms with Crippen molar-refractivity contribution in [1.82, 2.24) is 15.5 Å². The van der Waals surface area contributed by atoms with Crippen LogP contribution < -0.4 is 5.32 Å². The van der Waals surface area contributed by atoms with Gasteiger partial charge in [-0.15, -0.1) is 0 Å². The van der Waals surface area contributed by atoms with E-state index < -0.39 is 5.92 Å². The summed E-state index contributed by atoms with van der Waals surface area (Å²) in [5.41, 5.74) is 0.683. The van der Waals surface area contributed by atoms with Gasteiger partial charge in [0.15, 0.2) is 5.82 Å². The molecule has 6 heteroatoms. The molecule has 0 spiro atoms. The van der Waals surface area contributed by atoms with Crippen LogP contribution in [0.25, 0.3) is 0 Å². The molecule has 1 aromatic carbocycles. The summed E-state index contributed by atoms with van der Waals surface area (Å²) in [5, 5.41) is 15.6. The number of amides is 1. The number of nitrogens with zero attached hydrogens (tertiary/aromatic N) is 3. The largest absolute Gasteiger partial charge is 0.354 e. The third-order valence-electron chi connectivity index (χ3n) is 2.74. The van der Waals surface area contributed by atoms with E-state index in [1.54, 1.807) is 31.2 Å². The maximum Gasteiger partial charge on any atom is 0.241 e. The highest BCUT2D eigenvalue weighted by molar-refractivity contribution is 5.86. The standard InChI is InChI=1S/C14H14N4O2/c1-10-17-13(18-20-10)7-8-16-14(19)12(9-15)11-5-3-2-4-6-11/h2-6,12H,7-8H2,1H3,(H,16,19). The van der Waals surface area contributed by atoms with Gasteiger partial charge in [0.2, 0.25) is 11.8 Å². The van der Waals surface area contributed by atoms with E-state index in [1.165, 1.54) is 0 Å². The molecule has 1 atom stereocenters. The van der Waals surface area contributed by atoms with E-state index in [1.807, 2.05) is 12.1 Å². The van der Waals surface area contributed by atoms with Crippen molar-refractivity contribution in [3.63, 3.8) is 0 Å². The highest BCUT2D eigenvalue weighted by atomic mass is 16.5. The number of carbonyl (C=O) groups is 1. The fourth-order valence-electron chi connectivity index (χ4n) is 1.77. The molecule has 1 aromatic heterocycles. The molecular formula is C14H14N4O2. The average molecular weight is 270 g/mol. The Kier molecular flexibility index (Phi) is 4.45. The summed E-state index contributed by atoms with van der Waals surface area (Å²) in [6.45, 7) is 2.07. The molecule has 0 fully saturated rings. The molecule has 20 heavy (non-hydrogen) atoms. The summed E-state index contributed by atoms with van der Waals surface area (Å²) in [6.07, 6.45) is 0.468. The zero-order valence-corrected chi connectivity index (χ0v) is 11.0. The van der Waals surface area contributed by atoms with Gasteiger partial charge in [-0.3, -0.25) is 4.79 Å². The number of rotatable bonds is 5. The fraction of sp³-hybridized carbons (Fsp3) is 0.286. The number of aryl methyl sites for hydroxylation is 1. The summed E-state index contributed by atoms with van der Waals surface area (Å²) in [7, 11) is 0. The first kappa shape index (κ1) is 13.7. The Labute approximate surface area is 116 Å². The van der Waals surface area contributed by atoms with Gasteiger partial charge >= 0.3 is 0 Å². The van der Waals surface area contributed by atoms with Gasteiger partial charge < -0.3 is 9.84 Å². The van der Waals surface area contributed by atoms with Gasteiger partial charge in [0.1, 0.15) is 5.92 Å². The van der Waals surface area contributed by atoms with Crippen LogP contribution in [0.2, 0.25) is 0 Å². The van der Waals surface area contributed by atoms with Crippen LogP contribution in [0.4, 0.5) is 0 Å². The first-order valence-electron chi connectivity index (χ1n) is 6.22. The number of nitrogens with one attached hydrogen (secondary N) is 1. The summed E-state index contributed by atoms with van der Waals surface area (Å²) >= 11 is 0.